The Labute approximate surface area is 560 Å². The van der Waals surface area contributed by atoms with Crippen LogP contribution in [0.1, 0.15) is 94.7 Å². The number of aromatic nitrogens is 3. The third kappa shape index (κ3) is 23.6. The maximum Gasteiger partial charge on any atom is 0.322 e. The standard InChI is InChI=1S/C65H94N22O10/c1-3-36(2)54(62(97)86-50(56(91)80-35-53(88)89)29-37-32-77-44-19-7-4-15-40(37)44)87-61(96)52(31-39-34-79-46-21-9-6-17-42(39)46)85-60(95)51(30-38-33-78-45-20-8-5-16-41(38)45)84-59(94)47(22-10-11-25-66)82-58(93)49(24-14-28-76-65(72)73)83-57(92)48(23-13-27-75-64(70)71)81-55(90)43(67)18-12-26-74-63(68)69/h4-9,15-17,19-21,32-34,36,43,47-52,54,77-79H,3,10-14,18,22-31,35,66-67H2,1-2H3,(H,80,91)(H,81,90)(H,82,93)(H,83,92)(H,84,94)(H,85,95)(H,86,97)(H,87,96)(H,88,89)(H4,68,69,74)(H4,70,71,75)(H4,72,73,76)/t36-,43-,47-,48-,49-,50-,51-,52-,54-/m0/s1. The molecule has 0 aliphatic carbocycles. The van der Waals surface area contributed by atoms with Gasteiger partial charge < -0.3 is 108 Å². The van der Waals surface area contributed by atoms with E-state index >= 15 is 14.4 Å². The van der Waals surface area contributed by atoms with Crippen LogP contribution in [-0.4, -0.2) is 172 Å². The fourth-order valence-electron chi connectivity index (χ4n) is 11.0. The Bertz CT molecular complexity index is 3740. The number of carbonyl (C=O) groups is 9. The second-order valence-electron chi connectivity index (χ2n) is 23.8. The lowest BCUT2D eigenvalue weighted by atomic mass is 9.96. The van der Waals surface area contributed by atoms with Crippen molar-refractivity contribution in [3.05, 3.63) is 108 Å². The SMILES string of the molecule is CC[C@H](C)[C@H](NC(=O)[C@H](Cc1c[nH]c2ccccc12)NC(=O)[C@H](Cc1c[nH]c2ccccc12)NC(=O)[C@H](CCCCN)NC(=O)[C@H](CCCN=C(N)N)NC(=O)[C@H](CCCN=C(N)N)NC(=O)[C@@H](N)CCCN=C(N)N)C(=O)N[C@@H](Cc1c[nH]c2ccccc12)C(=O)NCC(=O)O. The van der Waals surface area contributed by atoms with Crippen molar-refractivity contribution >= 4 is 104 Å². The van der Waals surface area contributed by atoms with E-state index in [0.29, 0.717) is 47.8 Å². The summed E-state index contributed by atoms with van der Waals surface area (Å²) in [7, 11) is 0. The average Bonchev–Trinajstić information content (AvgIpc) is 1.73. The van der Waals surface area contributed by atoms with Crippen molar-refractivity contribution in [1.82, 2.24) is 57.5 Å². The summed E-state index contributed by atoms with van der Waals surface area (Å²) in [5.74, 6) is -8.76. The van der Waals surface area contributed by atoms with E-state index in [1.165, 1.54) is 0 Å². The summed E-state index contributed by atoms with van der Waals surface area (Å²) in [6.45, 7) is 3.34. The van der Waals surface area contributed by atoms with Crippen molar-refractivity contribution in [2.24, 2.45) is 66.8 Å². The average molecular weight is 1340 g/mol. The normalized spacial score (nSPS) is 14.0. The topological polar surface area (TPSA) is 563 Å². The van der Waals surface area contributed by atoms with Gasteiger partial charge in [0, 0.05) is 90.2 Å². The summed E-state index contributed by atoms with van der Waals surface area (Å²) in [5.41, 5.74) is 49.5. The lowest BCUT2D eigenvalue weighted by molar-refractivity contribution is -0.138. The molecule has 0 unspecified atom stereocenters. The molecule has 28 N–H and O–H groups in total. The molecule has 0 spiro atoms. The Morgan fingerprint density at radius 2 is 0.784 bits per heavy atom. The summed E-state index contributed by atoms with van der Waals surface area (Å²) in [6.07, 6.45) is 6.50. The number of rotatable bonds is 41. The quantitative estimate of drug-likeness (QED) is 0.0117. The molecule has 8 amide bonds. The minimum absolute atomic E-state index is 0.00925. The monoisotopic (exact) mass is 1340 g/mol. The number of carboxylic acid groups (broad SMARTS) is 1. The van der Waals surface area contributed by atoms with E-state index in [-0.39, 0.29) is 102 Å². The lowest BCUT2D eigenvalue weighted by Crippen LogP contribution is -2.61. The maximum atomic E-state index is 15.4. The van der Waals surface area contributed by atoms with E-state index in [2.05, 4.69) is 72.5 Å². The number of aliphatic carboxylic acids is 1. The van der Waals surface area contributed by atoms with Crippen LogP contribution in [0, 0.1) is 5.92 Å². The molecule has 97 heavy (non-hydrogen) atoms. The lowest BCUT2D eigenvalue weighted by Gasteiger charge is -2.29. The molecular formula is C65H94N22O10. The number of unbranched alkanes of at least 4 members (excludes halogenated alkanes) is 1. The van der Waals surface area contributed by atoms with Gasteiger partial charge in [-0.3, -0.25) is 58.1 Å². The van der Waals surface area contributed by atoms with Gasteiger partial charge in [0.1, 0.15) is 48.8 Å². The van der Waals surface area contributed by atoms with Crippen LogP contribution in [0.15, 0.2) is 106 Å². The highest BCUT2D eigenvalue weighted by molar-refractivity contribution is 5.99. The fourth-order valence-corrected chi connectivity index (χ4v) is 11.0. The molecule has 0 saturated carbocycles. The number of benzene rings is 3. The maximum absolute atomic E-state index is 15.4. The zero-order chi connectivity index (χ0) is 70.6. The Morgan fingerprint density at radius 3 is 1.18 bits per heavy atom. The molecule has 6 rings (SSSR count). The number of hydrogen-bond acceptors (Lipinski definition) is 14. The number of nitrogens with zero attached hydrogens (tertiary/aromatic N) is 3. The largest absolute Gasteiger partial charge is 0.480 e. The van der Waals surface area contributed by atoms with Crippen LogP contribution in [0.3, 0.4) is 0 Å². The first-order valence-corrected chi connectivity index (χ1v) is 32.3. The van der Waals surface area contributed by atoms with Crippen LogP contribution in [0.2, 0.25) is 0 Å². The zero-order valence-corrected chi connectivity index (χ0v) is 54.7. The Balaban J connectivity index is 1.32. The van der Waals surface area contributed by atoms with Crippen molar-refractivity contribution < 1.29 is 48.3 Å². The molecule has 32 nitrogen and oxygen atoms in total. The van der Waals surface area contributed by atoms with Crippen LogP contribution in [0.25, 0.3) is 32.7 Å². The van der Waals surface area contributed by atoms with Crippen LogP contribution in [-0.2, 0) is 62.4 Å². The van der Waals surface area contributed by atoms with Crippen LogP contribution < -0.4 is 88.4 Å². The number of H-pyrrole nitrogens is 3. The summed E-state index contributed by atoms with van der Waals surface area (Å²) in [6, 6.07) is 11.2. The second kappa shape index (κ2) is 38.0. The van der Waals surface area contributed by atoms with Gasteiger partial charge in [0.2, 0.25) is 47.3 Å². The molecule has 0 bridgehead atoms. The number of guanidine groups is 3. The van der Waals surface area contributed by atoms with Gasteiger partial charge in [0.05, 0.1) is 6.04 Å². The van der Waals surface area contributed by atoms with Crippen LogP contribution in [0.5, 0.6) is 0 Å². The molecule has 3 aromatic heterocycles. The van der Waals surface area contributed by atoms with Gasteiger partial charge in [0.25, 0.3) is 0 Å². The van der Waals surface area contributed by atoms with Crippen LogP contribution >= 0.6 is 0 Å². The number of fused-ring (bicyclic) bond motifs is 3. The third-order valence-corrected chi connectivity index (χ3v) is 16.4. The number of nitrogens with two attached hydrogens (primary N) is 8. The summed E-state index contributed by atoms with van der Waals surface area (Å²) in [5, 5.41) is 33.7. The third-order valence-electron chi connectivity index (χ3n) is 16.4. The van der Waals surface area contributed by atoms with E-state index in [4.69, 9.17) is 45.9 Å². The van der Waals surface area contributed by atoms with E-state index in [0.717, 1.165) is 27.3 Å². The van der Waals surface area contributed by atoms with E-state index in [1.807, 2.05) is 66.7 Å². The van der Waals surface area contributed by atoms with Crippen molar-refractivity contribution in [1.29, 1.82) is 0 Å². The summed E-state index contributed by atoms with van der Waals surface area (Å²) < 4.78 is 0. The van der Waals surface area contributed by atoms with E-state index in [9.17, 15) is 33.9 Å². The van der Waals surface area contributed by atoms with Gasteiger partial charge in [-0.15, -0.1) is 0 Å². The highest BCUT2D eigenvalue weighted by atomic mass is 16.4. The molecule has 3 heterocycles. The van der Waals surface area contributed by atoms with Gasteiger partial charge in [-0.05, 0) is 105 Å². The molecule has 0 saturated heterocycles. The number of hydrogen-bond donors (Lipinski definition) is 20. The first kappa shape index (κ1) is 75.3. The van der Waals surface area contributed by atoms with E-state index < -0.39 is 114 Å². The number of carboxylic acids is 1. The molecule has 0 radical (unpaired) electrons. The van der Waals surface area contributed by atoms with Crippen molar-refractivity contribution in [3.8, 4) is 0 Å². The Morgan fingerprint density at radius 1 is 0.443 bits per heavy atom. The molecule has 6 aromatic rings. The minimum Gasteiger partial charge on any atom is -0.480 e. The molecule has 3 aromatic carbocycles. The van der Waals surface area contributed by atoms with Crippen molar-refractivity contribution in [3.63, 3.8) is 0 Å². The molecular weight excluding hydrogens is 1250 g/mol. The highest BCUT2D eigenvalue weighted by Gasteiger charge is 2.37. The van der Waals surface area contributed by atoms with Crippen molar-refractivity contribution in [2.45, 2.75) is 146 Å². The Hall–Kier alpha value is -10.8. The predicted molar refractivity (Wildman–Crippen MR) is 370 cm³/mol. The van der Waals surface area contributed by atoms with Gasteiger partial charge in [-0.1, -0.05) is 74.9 Å². The number of carbonyl (C=O) groups excluding carboxylic acids is 8. The highest BCUT2D eigenvalue weighted by Crippen LogP contribution is 2.24. The number of amides is 8. The van der Waals surface area contributed by atoms with Gasteiger partial charge in [0.15, 0.2) is 17.9 Å². The van der Waals surface area contributed by atoms with Gasteiger partial charge in [-0.25, -0.2) is 0 Å². The number of aliphatic imine (C=N–C) groups is 3. The molecule has 0 fully saturated rings. The molecule has 524 valence electrons. The van der Waals surface area contributed by atoms with Crippen LogP contribution in [0.4, 0.5) is 0 Å². The number of aromatic amines is 3. The molecule has 9 atom stereocenters. The number of nitrogens with one attached hydrogen (secondary N) is 11. The summed E-state index contributed by atoms with van der Waals surface area (Å²) >= 11 is 0. The molecule has 32 heteroatoms. The first-order valence-electron chi connectivity index (χ1n) is 32.3. The fraction of sp³-hybridized carbons (Fsp3) is 0.446. The molecule has 0 aliphatic heterocycles. The first-order chi connectivity index (χ1) is 46.5. The number of para-hydroxylation sites is 3. The van der Waals surface area contributed by atoms with Gasteiger partial charge in [-0.2, -0.15) is 0 Å². The minimum atomic E-state index is -1.47. The van der Waals surface area contributed by atoms with E-state index in [1.54, 1.807) is 38.5 Å². The second-order valence-corrected chi connectivity index (χ2v) is 23.8. The smallest absolute Gasteiger partial charge is 0.322 e. The van der Waals surface area contributed by atoms with Gasteiger partial charge >= 0.3 is 5.97 Å². The summed E-state index contributed by atoms with van der Waals surface area (Å²) in [4.78, 5) is 150. The zero-order valence-electron chi connectivity index (χ0n) is 54.7. The molecule has 0 aliphatic rings. The predicted octanol–water partition coefficient (Wildman–Crippen LogP) is -1.58. The Kier molecular flexibility index (Phi) is 29.5. The van der Waals surface area contributed by atoms with Crippen molar-refractivity contribution in [2.75, 3.05) is 32.7 Å².